The molecule has 3 N–H and O–H groups in total. The Morgan fingerprint density at radius 2 is 1.76 bits per heavy atom. The Labute approximate surface area is 272 Å². The lowest BCUT2D eigenvalue weighted by molar-refractivity contribution is -0.131. The van der Waals surface area contributed by atoms with Crippen molar-refractivity contribution in [3.8, 4) is 0 Å². The number of nitrogens with zero attached hydrogens (tertiary/aromatic N) is 1. The maximum Gasteiger partial charge on any atom is 0.408 e. The molecule has 3 amide bonds. The Morgan fingerprint density at radius 3 is 2.38 bits per heavy atom. The van der Waals surface area contributed by atoms with E-state index in [2.05, 4.69) is 10.6 Å². The fraction of sp³-hybridized carbons (Fsp3) is 0.710. The Balaban J connectivity index is 2.23. The molecular formula is C31H51ClN3O9P. The van der Waals surface area contributed by atoms with E-state index >= 15 is 0 Å². The van der Waals surface area contributed by atoms with Gasteiger partial charge in [-0.1, -0.05) is 55.8 Å². The van der Waals surface area contributed by atoms with Gasteiger partial charge in [0.05, 0.1) is 25.9 Å². The summed E-state index contributed by atoms with van der Waals surface area (Å²) in [5.74, 6) is -2.40. The van der Waals surface area contributed by atoms with Crippen molar-refractivity contribution in [1.29, 1.82) is 0 Å². The summed E-state index contributed by atoms with van der Waals surface area (Å²) in [4.78, 5) is 41.0. The second-order valence-electron chi connectivity index (χ2n) is 11.1. The van der Waals surface area contributed by atoms with Crippen molar-refractivity contribution < 1.29 is 42.6 Å². The molecule has 0 aromatic heterocycles. The average Bonchev–Trinajstić information content (AvgIpc) is 3.02. The highest BCUT2D eigenvalue weighted by Gasteiger charge is 2.42. The summed E-state index contributed by atoms with van der Waals surface area (Å²) in [5, 5.41) is 17.2. The molecule has 1 aromatic carbocycles. The van der Waals surface area contributed by atoms with E-state index in [0.29, 0.717) is 36.8 Å². The fourth-order valence-corrected chi connectivity index (χ4v) is 7.21. The number of aliphatic hydroxyl groups is 1. The fourth-order valence-electron chi connectivity index (χ4n) is 5.24. The van der Waals surface area contributed by atoms with Gasteiger partial charge in [-0.25, -0.2) is 4.79 Å². The number of halogens is 1. The number of aliphatic hydroxyl groups excluding tert-OH is 1. The van der Waals surface area contributed by atoms with Crippen molar-refractivity contribution in [3.63, 3.8) is 0 Å². The molecule has 0 radical (unpaired) electrons. The molecule has 1 fully saturated rings. The molecule has 256 valence electrons. The number of carbonyl (C=O) groups is 3. The molecule has 2 rings (SSSR count). The first-order valence-corrected chi connectivity index (χ1v) is 17.9. The third kappa shape index (κ3) is 14.0. The lowest BCUT2D eigenvalue weighted by atomic mass is 9.84. The summed E-state index contributed by atoms with van der Waals surface area (Å²) >= 11 is 6.03. The highest BCUT2D eigenvalue weighted by atomic mass is 35.5. The molecule has 1 unspecified atom stereocenters. The molecule has 1 aliphatic carbocycles. The SMILES string of the molecule is CCOCCN(C)C(=O)CC[C@H](NC(=O)[C@@H](CC1CCCCC1)NC(=O)OCc1cccc(Cl)c1)C(O)P(=O)(OCC)OCC. The standard InChI is InChI=1S/C31H51ClN3O9P/c1-5-41-19-18-35(4)28(36)17-16-26(30(38)45(40,43-6-2)44-7-3)33-29(37)27(21-23-12-9-8-10-13-23)34-31(39)42-22-24-14-11-15-25(32)20-24/h11,14-15,20,23,26-27,30,38H,5-10,12-13,16-19,21-22H2,1-4H3,(H,33,37)(H,34,39)/t26-,27+,30?/m0/s1. The molecule has 1 aliphatic rings. The number of ether oxygens (including phenoxy) is 2. The predicted molar refractivity (Wildman–Crippen MR) is 172 cm³/mol. The van der Waals surface area contributed by atoms with Crippen LogP contribution in [0.4, 0.5) is 4.79 Å². The van der Waals surface area contributed by atoms with Crippen molar-refractivity contribution in [3.05, 3.63) is 34.9 Å². The van der Waals surface area contributed by atoms with Gasteiger partial charge in [0.1, 0.15) is 12.6 Å². The molecule has 1 aromatic rings. The maximum atomic E-state index is 13.8. The van der Waals surface area contributed by atoms with E-state index in [1.165, 1.54) is 4.90 Å². The van der Waals surface area contributed by atoms with Crippen LogP contribution in [0, 0.1) is 5.92 Å². The summed E-state index contributed by atoms with van der Waals surface area (Å²) in [6, 6.07) is 4.72. The van der Waals surface area contributed by atoms with Crippen LogP contribution >= 0.6 is 19.2 Å². The van der Waals surface area contributed by atoms with Crippen molar-refractivity contribution >= 4 is 37.1 Å². The van der Waals surface area contributed by atoms with Gasteiger partial charge in [0, 0.05) is 31.6 Å². The van der Waals surface area contributed by atoms with E-state index in [1.54, 1.807) is 45.2 Å². The lowest BCUT2D eigenvalue weighted by Gasteiger charge is -2.32. The van der Waals surface area contributed by atoms with E-state index in [-0.39, 0.29) is 44.5 Å². The topological polar surface area (TPSA) is 153 Å². The van der Waals surface area contributed by atoms with Gasteiger partial charge in [-0.15, -0.1) is 0 Å². The monoisotopic (exact) mass is 675 g/mol. The third-order valence-electron chi connectivity index (χ3n) is 7.66. The molecule has 3 atom stereocenters. The number of alkyl carbamates (subject to hydrolysis) is 1. The number of rotatable bonds is 20. The molecule has 0 heterocycles. The van der Waals surface area contributed by atoms with Crippen LogP contribution < -0.4 is 10.6 Å². The highest BCUT2D eigenvalue weighted by Crippen LogP contribution is 2.53. The minimum absolute atomic E-state index is 0.00156. The quantitative estimate of drug-likeness (QED) is 0.124. The highest BCUT2D eigenvalue weighted by molar-refractivity contribution is 7.54. The van der Waals surface area contributed by atoms with Crippen LogP contribution in [-0.4, -0.2) is 85.9 Å². The van der Waals surface area contributed by atoms with E-state index in [0.717, 1.165) is 32.1 Å². The average molecular weight is 676 g/mol. The lowest BCUT2D eigenvalue weighted by Crippen LogP contribution is -2.53. The summed E-state index contributed by atoms with van der Waals surface area (Å²) in [6.07, 6.45) is 4.47. The van der Waals surface area contributed by atoms with Crippen LogP contribution in [0.3, 0.4) is 0 Å². The van der Waals surface area contributed by atoms with Crippen LogP contribution in [0.5, 0.6) is 0 Å². The zero-order valence-electron chi connectivity index (χ0n) is 27.0. The van der Waals surface area contributed by atoms with Gasteiger partial charge in [0.15, 0.2) is 5.85 Å². The van der Waals surface area contributed by atoms with Gasteiger partial charge in [-0.3, -0.25) is 14.2 Å². The smallest absolute Gasteiger partial charge is 0.408 e. The first-order chi connectivity index (χ1) is 21.5. The van der Waals surface area contributed by atoms with E-state index in [1.807, 2.05) is 6.92 Å². The predicted octanol–water partition coefficient (Wildman–Crippen LogP) is 5.25. The molecule has 0 saturated heterocycles. The van der Waals surface area contributed by atoms with Crippen LogP contribution in [0.15, 0.2) is 24.3 Å². The molecule has 45 heavy (non-hydrogen) atoms. The minimum Gasteiger partial charge on any atom is -0.445 e. The largest absolute Gasteiger partial charge is 0.445 e. The molecule has 0 bridgehead atoms. The Morgan fingerprint density at radius 1 is 1.07 bits per heavy atom. The zero-order valence-corrected chi connectivity index (χ0v) is 28.7. The van der Waals surface area contributed by atoms with Crippen molar-refractivity contribution in [1.82, 2.24) is 15.5 Å². The van der Waals surface area contributed by atoms with E-state index in [4.69, 9.17) is 30.1 Å². The number of hydrogen-bond acceptors (Lipinski definition) is 9. The van der Waals surface area contributed by atoms with Gasteiger partial charge in [0.25, 0.3) is 0 Å². The van der Waals surface area contributed by atoms with Gasteiger partial charge in [-0.05, 0) is 57.2 Å². The third-order valence-corrected chi connectivity index (χ3v) is 10.1. The number of likely N-dealkylation sites (N-methyl/N-ethyl adjacent to an activating group) is 1. The van der Waals surface area contributed by atoms with Crippen molar-refractivity contribution in [2.75, 3.05) is 40.0 Å². The van der Waals surface area contributed by atoms with Crippen molar-refractivity contribution in [2.24, 2.45) is 5.92 Å². The molecule has 1 saturated carbocycles. The first kappa shape index (κ1) is 39.0. The summed E-state index contributed by atoms with van der Waals surface area (Å²) in [7, 11) is -2.46. The zero-order chi connectivity index (χ0) is 33.2. The van der Waals surface area contributed by atoms with Crippen LogP contribution in [0.1, 0.15) is 77.7 Å². The second kappa shape index (κ2) is 20.8. The normalized spacial score (nSPS) is 16.0. The molecule has 12 nitrogen and oxygen atoms in total. The molecular weight excluding hydrogens is 625 g/mol. The molecule has 14 heteroatoms. The minimum atomic E-state index is -4.10. The maximum absolute atomic E-state index is 13.8. The van der Waals surface area contributed by atoms with Gasteiger partial charge < -0.3 is 39.2 Å². The Kier molecular flexibility index (Phi) is 18.0. The van der Waals surface area contributed by atoms with Gasteiger partial charge >= 0.3 is 13.7 Å². The number of amides is 3. The number of benzene rings is 1. The Hall–Kier alpha value is -2.21. The summed E-state index contributed by atoms with van der Waals surface area (Å²) < 4.78 is 35.0. The van der Waals surface area contributed by atoms with E-state index < -0.39 is 37.5 Å². The molecule has 0 spiro atoms. The van der Waals surface area contributed by atoms with Crippen LogP contribution in [-0.2, 0) is 39.3 Å². The number of hydrogen-bond donors (Lipinski definition) is 3. The van der Waals surface area contributed by atoms with Gasteiger partial charge in [0.2, 0.25) is 11.8 Å². The number of carbonyl (C=O) groups excluding carboxylic acids is 3. The van der Waals surface area contributed by atoms with Gasteiger partial charge in [-0.2, -0.15) is 0 Å². The number of nitrogens with one attached hydrogen (secondary N) is 2. The van der Waals surface area contributed by atoms with Crippen LogP contribution in [0.2, 0.25) is 5.02 Å². The molecule has 0 aliphatic heterocycles. The Bertz CT molecular complexity index is 1100. The van der Waals surface area contributed by atoms with Crippen molar-refractivity contribution in [2.45, 2.75) is 96.7 Å². The first-order valence-electron chi connectivity index (χ1n) is 15.9. The van der Waals surface area contributed by atoms with Crippen LogP contribution in [0.25, 0.3) is 0 Å². The summed E-state index contributed by atoms with van der Waals surface area (Å²) in [6.45, 7) is 6.30. The van der Waals surface area contributed by atoms with E-state index in [9.17, 15) is 24.1 Å². The summed E-state index contributed by atoms with van der Waals surface area (Å²) in [5.41, 5.74) is 0.688. The second-order valence-corrected chi connectivity index (χ2v) is 13.7.